The first-order valence-corrected chi connectivity index (χ1v) is 4.30. The van der Waals surface area contributed by atoms with Crippen LogP contribution in [0.15, 0.2) is 12.2 Å². The number of aliphatic hydroxyl groups is 1. The maximum atomic E-state index is 10.9. The van der Waals surface area contributed by atoms with Crippen molar-refractivity contribution >= 4 is 5.91 Å². The third-order valence-electron chi connectivity index (χ3n) is 1.43. The molecule has 0 aromatic rings. The first kappa shape index (κ1) is 11.2. The molecule has 70 valence electrons. The molecule has 2 N–H and O–H groups in total. The van der Waals surface area contributed by atoms with Gasteiger partial charge in [0, 0.05) is 19.6 Å². The third-order valence-corrected chi connectivity index (χ3v) is 1.43. The summed E-state index contributed by atoms with van der Waals surface area (Å²) < 4.78 is 0. The van der Waals surface area contributed by atoms with Gasteiger partial charge in [0.15, 0.2) is 0 Å². The summed E-state index contributed by atoms with van der Waals surface area (Å²) in [5, 5.41) is 11.2. The molecule has 0 spiro atoms. The van der Waals surface area contributed by atoms with E-state index in [4.69, 9.17) is 5.11 Å². The number of aliphatic hydroxyl groups excluding tert-OH is 1. The standard InChI is InChI=1S/C9H17NO2/c1-2-3-4-7-10-9(12)6-5-8-11/h2-3,11H,4-8H2,1H3,(H,10,12)/b3-2+. The molecule has 0 saturated carbocycles. The van der Waals surface area contributed by atoms with Gasteiger partial charge in [-0.25, -0.2) is 0 Å². The minimum absolute atomic E-state index is 0.0218. The molecule has 3 heteroatoms. The second-order valence-electron chi connectivity index (χ2n) is 2.53. The summed E-state index contributed by atoms with van der Waals surface area (Å²) >= 11 is 0. The van der Waals surface area contributed by atoms with E-state index in [1.807, 2.05) is 19.1 Å². The van der Waals surface area contributed by atoms with E-state index in [-0.39, 0.29) is 12.5 Å². The van der Waals surface area contributed by atoms with Crippen molar-refractivity contribution in [3.63, 3.8) is 0 Å². The lowest BCUT2D eigenvalue weighted by Crippen LogP contribution is -2.23. The van der Waals surface area contributed by atoms with Crippen molar-refractivity contribution in [2.24, 2.45) is 0 Å². The first-order chi connectivity index (χ1) is 5.81. The quantitative estimate of drug-likeness (QED) is 0.459. The van der Waals surface area contributed by atoms with Crippen molar-refractivity contribution in [1.82, 2.24) is 5.32 Å². The highest BCUT2D eigenvalue weighted by molar-refractivity contribution is 5.75. The maximum Gasteiger partial charge on any atom is 0.220 e. The summed E-state index contributed by atoms with van der Waals surface area (Å²) in [6, 6.07) is 0. The van der Waals surface area contributed by atoms with Crippen molar-refractivity contribution < 1.29 is 9.90 Å². The number of hydrogen-bond donors (Lipinski definition) is 2. The van der Waals surface area contributed by atoms with Gasteiger partial charge in [-0.3, -0.25) is 4.79 Å². The van der Waals surface area contributed by atoms with Crippen LogP contribution in [0.2, 0.25) is 0 Å². The Kier molecular flexibility index (Phi) is 7.70. The summed E-state index contributed by atoms with van der Waals surface area (Å²) in [7, 11) is 0. The molecule has 0 bridgehead atoms. The maximum absolute atomic E-state index is 10.9. The molecule has 0 aliphatic carbocycles. The van der Waals surface area contributed by atoms with Crippen LogP contribution in [-0.4, -0.2) is 24.2 Å². The largest absolute Gasteiger partial charge is 0.396 e. The van der Waals surface area contributed by atoms with Crippen LogP contribution in [0.4, 0.5) is 0 Å². The lowest BCUT2D eigenvalue weighted by molar-refractivity contribution is -0.121. The van der Waals surface area contributed by atoms with Crippen LogP contribution in [0.3, 0.4) is 0 Å². The zero-order chi connectivity index (χ0) is 9.23. The number of carbonyl (C=O) groups excluding carboxylic acids is 1. The SMILES string of the molecule is C/C=C/CCNC(=O)CCCO. The number of carbonyl (C=O) groups is 1. The highest BCUT2D eigenvalue weighted by Crippen LogP contribution is 1.87. The fourth-order valence-corrected chi connectivity index (χ4v) is 0.790. The van der Waals surface area contributed by atoms with Gasteiger partial charge in [-0.1, -0.05) is 12.2 Å². The summed E-state index contributed by atoms with van der Waals surface area (Å²) in [4.78, 5) is 10.9. The minimum atomic E-state index is 0.0218. The van der Waals surface area contributed by atoms with E-state index < -0.39 is 0 Å². The Labute approximate surface area is 73.5 Å². The van der Waals surface area contributed by atoms with Crippen molar-refractivity contribution in [2.75, 3.05) is 13.2 Å². The summed E-state index contributed by atoms with van der Waals surface area (Å²) in [6.45, 7) is 2.73. The predicted octanol–water partition coefficient (Wildman–Crippen LogP) is 0.841. The minimum Gasteiger partial charge on any atom is -0.396 e. The van der Waals surface area contributed by atoms with Crippen molar-refractivity contribution in [3.8, 4) is 0 Å². The van der Waals surface area contributed by atoms with Gasteiger partial charge in [-0.2, -0.15) is 0 Å². The van der Waals surface area contributed by atoms with E-state index >= 15 is 0 Å². The molecule has 0 saturated heterocycles. The molecule has 1 amide bonds. The van der Waals surface area contributed by atoms with Crippen LogP contribution in [-0.2, 0) is 4.79 Å². The zero-order valence-corrected chi connectivity index (χ0v) is 7.55. The number of nitrogens with one attached hydrogen (secondary N) is 1. The topological polar surface area (TPSA) is 49.3 Å². The number of hydrogen-bond acceptors (Lipinski definition) is 2. The van der Waals surface area contributed by atoms with E-state index in [2.05, 4.69) is 5.32 Å². The summed E-state index contributed by atoms with van der Waals surface area (Å²) in [5.41, 5.74) is 0. The van der Waals surface area contributed by atoms with Crippen LogP contribution >= 0.6 is 0 Å². The molecular formula is C9H17NO2. The molecule has 0 aliphatic rings. The van der Waals surface area contributed by atoms with Crippen LogP contribution in [0, 0.1) is 0 Å². The van der Waals surface area contributed by atoms with Gasteiger partial charge in [-0.15, -0.1) is 0 Å². The average molecular weight is 171 g/mol. The van der Waals surface area contributed by atoms with E-state index in [1.165, 1.54) is 0 Å². The second kappa shape index (κ2) is 8.27. The molecule has 0 radical (unpaired) electrons. The van der Waals surface area contributed by atoms with Gasteiger partial charge in [0.1, 0.15) is 0 Å². The average Bonchev–Trinajstić information content (AvgIpc) is 2.09. The Balaban J connectivity index is 3.19. The van der Waals surface area contributed by atoms with Crippen LogP contribution < -0.4 is 5.32 Å². The van der Waals surface area contributed by atoms with Gasteiger partial charge in [0.05, 0.1) is 0 Å². The van der Waals surface area contributed by atoms with Crippen LogP contribution in [0.25, 0.3) is 0 Å². The van der Waals surface area contributed by atoms with Gasteiger partial charge in [0.2, 0.25) is 5.91 Å². The highest BCUT2D eigenvalue weighted by atomic mass is 16.3. The Hall–Kier alpha value is -0.830. The van der Waals surface area contributed by atoms with E-state index in [9.17, 15) is 4.79 Å². The predicted molar refractivity (Wildman–Crippen MR) is 48.8 cm³/mol. The molecule has 0 unspecified atom stereocenters. The fourth-order valence-electron chi connectivity index (χ4n) is 0.790. The van der Waals surface area contributed by atoms with Crippen LogP contribution in [0.5, 0.6) is 0 Å². The third kappa shape index (κ3) is 7.28. The normalized spacial score (nSPS) is 10.5. The monoisotopic (exact) mass is 171 g/mol. The van der Waals surface area contributed by atoms with Crippen molar-refractivity contribution in [3.05, 3.63) is 12.2 Å². The molecule has 0 aromatic carbocycles. The lowest BCUT2D eigenvalue weighted by atomic mass is 10.3. The number of rotatable bonds is 6. The lowest BCUT2D eigenvalue weighted by Gasteiger charge is -2.01. The molecule has 3 nitrogen and oxygen atoms in total. The Morgan fingerprint density at radius 1 is 1.58 bits per heavy atom. The van der Waals surface area contributed by atoms with Gasteiger partial charge < -0.3 is 10.4 Å². The molecule has 12 heavy (non-hydrogen) atoms. The van der Waals surface area contributed by atoms with E-state index in [0.717, 1.165) is 6.42 Å². The zero-order valence-electron chi connectivity index (χ0n) is 7.55. The van der Waals surface area contributed by atoms with Gasteiger partial charge in [-0.05, 0) is 19.8 Å². The van der Waals surface area contributed by atoms with Crippen LogP contribution in [0.1, 0.15) is 26.2 Å². The molecule has 0 rings (SSSR count). The number of amides is 1. The fraction of sp³-hybridized carbons (Fsp3) is 0.667. The smallest absolute Gasteiger partial charge is 0.220 e. The van der Waals surface area contributed by atoms with Gasteiger partial charge in [0.25, 0.3) is 0 Å². The number of allylic oxidation sites excluding steroid dienone is 1. The Morgan fingerprint density at radius 2 is 2.33 bits per heavy atom. The van der Waals surface area contributed by atoms with E-state index in [1.54, 1.807) is 0 Å². The van der Waals surface area contributed by atoms with Gasteiger partial charge >= 0.3 is 0 Å². The summed E-state index contributed by atoms with van der Waals surface area (Å²) in [6.07, 6.45) is 5.81. The second-order valence-corrected chi connectivity index (χ2v) is 2.53. The highest BCUT2D eigenvalue weighted by Gasteiger charge is 1.97. The molecule has 0 heterocycles. The van der Waals surface area contributed by atoms with E-state index in [0.29, 0.717) is 19.4 Å². The Bertz CT molecular complexity index is 143. The van der Waals surface area contributed by atoms with Crippen molar-refractivity contribution in [2.45, 2.75) is 26.2 Å². The molecule has 0 atom stereocenters. The Morgan fingerprint density at radius 3 is 2.92 bits per heavy atom. The van der Waals surface area contributed by atoms with Crippen molar-refractivity contribution in [1.29, 1.82) is 0 Å². The molecule has 0 aliphatic heterocycles. The molecular weight excluding hydrogens is 154 g/mol. The molecule has 0 aromatic heterocycles. The molecule has 0 fully saturated rings. The first-order valence-electron chi connectivity index (χ1n) is 4.30. The summed E-state index contributed by atoms with van der Waals surface area (Å²) in [5.74, 6) is 0.0218.